The zero-order chi connectivity index (χ0) is 11.0. The fraction of sp³-hybridized carbons (Fsp3) is 0.0909. The number of rotatable bonds is 1. The molecule has 3 aromatic rings. The van der Waals surface area contributed by atoms with Crippen LogP contribution >= 0.6 is 0 Å². The summed E-state index contributed by atoms with van der Waals surface area (Å²) in [7, 11) is 0. The minimum Gasteiger partial charge on any atom is -0.258 e. The molecule has 1 N–H and O–H groups in total. The topological polar surface area (TPSA) is 67.3 Å². The Morgan fingerprint density at radius 1 is 1.19 bits per heavy atom. The van der Waals surface area contributed by atoms with Crippen LogP contribution in [0.25, 0.3) is 22.3 Å². The van der Waals surface area contributed by atoms with Crippen molar-refractivity contribution in [2.24, 2.45) is 0 Å². The van der Waals surface area contributed by atoms with Crippen molar-refractivity contribution in [2.45, 2.75) is 6.92 Å². The van der Waals surface area contributed by atoms with Gasteiger partial charge in [0.25, 0.3) is 0 Å². The standard InChI is InChI=1S/C11H9N5/c1-7-12-5-4-9(13-7)8-2-3-10-11(6-8)15-16-14-10/h2-6H,1H3,(H,14,15,16). The van der Waals surface area contributed by atoms with Gasteiger partial charge in [0.05, 0.1) is 11.2 Å². The number of nitrogens with zero attached hydrogens (tertiary/aromatic N) is 4. The average Bonchev–Trinajstić information content (AvgIpc) is 2.75. The second kappa shape index (κ2) is 3.37. The summed E-state index contributed by atoms with van der Waals surface area (Å²) in [5.41, 5.74) is 3.69. The van der Waals surface area contributed by atoms with Gasteiger partial charge >= 0.3 is 0 Å². The number of hydrogen-bond donors (Lipinski definition) is 1. The maximum absolute atomic E-state index is 4.37. The Bertz CT molecular complexity index is 643. The van der Waals surface area contributed by atoms with Gasteiger partial charge in [-0.05, 0) is 25.1 Å². The smallest absolute Gasteiger partial charge is 0.125 e. The Labute approximate surface area is 91.6 Å². The van der Waals surface area contributed by atoms with Crippen molar-refractivity contribution in [3.8, 4) is 11.3 Å². The summed E-state index contributed by atoms with van der Waals surface area (Å²) in [4.78, 5) is 8.44. The highest BCUT2D eigenvalue weighted by atomic mass is 15.3. The van der Waals surface area contributed by atoms with Crippen LogP contribution in [0.1, 0.15) is 5.82 Å². The summed E-state index contributed by atoms with van der Waals surface area (Å²) >= 11 is 0. The Hall–Kier alpha value is -2.30. The highest BCUT2D eigenvalue weighted by Gasteiger charge is 2.03. The van der Waals surface area contributed by atoms with Crippen LogP contribution in [-0.2, 0) is 0 Å². The molecule has 0 spiro atoms. The molecule has 16 heavy (non-hydrogen) atoms. The van der Waals surface area contributed by atoms with E-state index in [1.54, 1.807) is 6.20 Å². The van der Waals surface area contributed by atoms with Crippen LogP contribution in [0, 0.1) is 6.92 Å². The summed E-state index contributed by atoms with van der Waals surface area (Å²) in [6.45, 7) is 1.87. The maximum Gasteiger partial charge on any atom is 0.125 e. The lowest BCUT2D eigenvalue weighted by Crippen LogP contribution is -1.89. The maximum atomic E-state index is 4.37. The molecule has 5 nitrogen and oxygen atoms in total. The molecular formula is C11H9N5. The Kier molecular flexibility index (Phi) is 1.89. The molecule has 0 unspecified atom stereocenters. The van der Waals surface area contributed by atoms with Gasteiger partial charge in [-0.2, -0.15) is 0 Å². The van der Waals surface area contributed by atoms with E-state index in [0.717, 1.165) is 28.1 Å². The predicted octanol–water partition coefficient (Wildman–Crippen LogP) is 1.72. The lowest BCUT2D eigenvalue weighted by Gasteiger charge is -2.00. The van der Waals surface area contributed by atoms with Gasteiger partial charge in [-0.3, -0.25) is 5.10 Å². The summed E-state index contributed by atoms with van der Waals surface area (Å²) in [6.07, 6.45) is 1.75. The third-order valence-corrected chi connectivity index (χ3v) is 2.40. The molecule has 0 atom stereocenters. The van der Waals surface area contributed by atoms with E-state index >= 15 is 0 Å². The van der Waals surface area contributed by atoms with Gasteiger partial charge in [-0.15, -0.1) is 5.10 Å². The first kappa shape index (κ1) is 8.96. The highest BCUT2D eigenvalue weighted by Crippen LogP contribution is 2.20. The molecule has 5 heteroatoms. The minimum absolute atomic E-state index is 0.762. The van der Waals surface area contributed by atoms with Gasteiger partial charge in [0.15, 0.2) is 0 Å². The molecule has 1 aromatic carbocycles. The molecular weight excluding hydrogens is 202 g/mol. The number of H-pyrrole nitrogens is 1. The van der Waals surface area contributed by atoms with Gasteiger partial charge in [0.2, 0.25) is 0 Å². The number of hydrogen-bond acceptors (Lipinski definition) is 4. The normalized spacial score (nSPS) is 10.8. The molecule has 0 amide bonds. The van der Waals surface area contributed by atoms with Crippen molar-refractivity contribution < 1.29 is 0 Å². The van der Waals surface area contributed by atoms with Gasteiger partial charge in [-0.1, -0.05) is 11.3 Å². The van der Waals surface area contributed by atoms with Crippen molar-refractivity contribution in [1.82, 2.24) is 25.4 Å². The van der Waals surface area contributed by atoms with Crippen molar-refractivity contribution in [3.63, 3.8) is 0 Å². The fourth-order valence-corrected chi connectivity index (χ4v) is 1.62. The molecule has 2 aromatic heterocycles. The van der Waals surface area contributed by atoms with E-state index in [9.17, 15) is 0 Å². The van der Waals surface area contributed by atoms with Crippen LogP contribution in [0.5, 0.6) is 0 Å². The molecule has 0 aliphatic carbocycles. The number of fused-ring (bicyclic) bond motifs is 1. The van der Waals surface area contributed by atoms with E-state index in [-0.39, 0.29) is 0 Å². The van der Waals surface area contributed by atoms with Gasteiger partial charge in [0, 0.05) is 11.8 Å². The first-order valence-corrected chi connectivity index (χ1v) is 4.94. The van der Waals surface area contributed by atoms with Crippen LogP contribution in [0.4, 0.5) is 0 Å². The van der Waals surface area contributed by atoms with Gasteiger partial charge in [0.1, 0.15) is 11.3 Å². The third kappa shape index (κ3) is 1.42. The Balaban J connectivity index is 2.18. The Morgan fingerprint density at radius 3 is 3.00 bits per heavy atom. The van der Waals surface area contributed by atoms with Crippen LogP contribution in [0.2, 0.25) is 0 Å². The van der Waals surface area contributed by atoms with E-state index in [1.165, 1.54) is 0 Å². The first-order chi connectivity index (χ1) is 7.83. The number of benzene rings is 1. The molecule has 2 heterocycles. The third-order valence-electron chi connectivity index (χ3n) is 2.40. The van der Waals surface area contributed by atoms with Crippen LogP contribution < -0.4 is 0 Å². The molecule has 0 saturated carbocycles. The number of aromatic amines is 1. The highest BCUT2D eigenvalue weighted by molar-refractivity contribution is 5.79. The molecule has 3 rings (SSSR count). The van der Waals surface area contributed by atoms with Crippen LogP contribution in [0.15, 0.2) is 30.5 Å². The molecule has 0 radical (unpaired) electrons. The van der Waals surface area contributed by atoms with Crippen molar-refractivity contribution in [1.29, 1.82) is 0 Å². The number of aromatic nitrogens is 5. The van der Waals surface area contributed by atoms with Crippen LogP contribution in [0.3, 0.4) is 0 Å². The summed E-state index contributed by atoms with van der Waals surface area (Å²) in [5, 5.41) is 10.5. The molecule has 0 aliphatic heterocycles. The quantitative estimate of drug-likeness (QED) is 0.665. The predicted molar refractivity (Wildman–Crippen MR) is 59.7 cm³/mol. The number of nitrogens with one attached hydrogen (secondary N) is 1. The van der Waals surface area contributed by atoms with Crippen LogP contribution in [-0.4, -0.2) is 25.4 Å². The zero-order valence-electron chi connectivity index (χ0n) is 8.68. The molecule has 0 fully saturated rings. The lowest BCUT2D eigenvalue weighted by atomic mass is 10.1. The second-order valence-electron chi connectivity index (χ2n) is 3.53. The second-order valence-corrected chi connectivity index (χ2v) is 3.53. The average molecular weight is 211 g/mol. The monoisotopic (exact) mass is 211 g/mol. The molecule has 0 saturated heterocycles. The molecule has 0 aliphatic rings. The van der Waals surface area contributed by atoms with E-state index < -0.39 is 0 Å². The van der Waals surface area contributed by atoms with Crippen molar-refractivity contribution in [3.05, 3.63) is 36.3 Å². The van der Waals surface area contributed by atoms with E-state index in [4.69, 9.17) is 0 Å². The summed E-state index contributed by atoms with van der Waals surface area (Å²) in [6, 6.07) is 7.78. The summed E-state index contributed by atoms with van der Waals surface area (Å²) < 4.78 is 0. The SMILES string of the molecule is Cc1nccc(-c2ccc3[nH]nnc3c2)n1. The molecule has 78 valence electrons. The van der Waals surface area contributed by atoms with E-state index in [2.05, 4.69) is 25.4 Å². The summed E-state index contributed by atoms with van der Waals surface area (Å²) in [5.74, 6) is 0.762. The fourth-order valence-electron chi connectivity index (χ4n) is 1.62. The van der Waals surface area contributed by atoms with E-state index in [1.807, 2.05) is 31.2 Å². The molecule has 0 bridgehead atoms. The van der Waals surface area contributed by atoms with E-state index in [0.29, 0.717) is 0 Å². The van der Waals surface area contributed by atoms with Crippen molar-refractivity contribution >= 4 is 11.0 Å². The largest absolute Gasteiger partial charge is 0.258 e. The lowest BCUT2D eigenvalue weighted by molar-refractivity contribution is 0.959. The minimum atomic E-state index is 0.762. The first-order valence-electron chi connectivity index (χ1n) is 4.94. The Morgan fingerprint density at radius 2 is 2.12 bits per heavy atom. The van der Waals surface area contributed by atoms with Gasteiger partial charge in [-0.25, -0.2) is 9.97 Å². The van der Waals surface area contributed by atoms with Gasteiger partial charge < -0.3 is 0 Å². The number of aryl methyl sites for hydroxylation is 1. The zero-order valence-corrected chi connectivity index (χ0v) is 8.68. The van der Waals surface area contributed by atoms with Crippen molar-refractivity contribution in [2.75, 3.05) is 0 Å².